The predicted molar refractivity (Wildman–Crippen MR) is 90.2 cm³/mol. The molecule has 0 saturated heterocycles. The van der Waals surface area contributed by atoms with Crippen LogP contribution in [0.25, 0.3) is 0 Å². The van der Waals surface area contributed by atoms with E-state index in [2.05, 4.69) is 9.82 Å². The van der Waals surface area contributed by atoms with Gasteiger partial charge in [0.15, 0.2) is 5.69 Å². The van der Waals surface area contributed by atoms with Crippen LogP contribution < -0.4 is 20.8 Å². The van der Waals surface area contributed by atoms with Gasteiger partial charge in [-0.2, -0.15) is 18.3 Å². The number of benzene rings is 1. The van der Waals surface area contributed by atoms with Gasteiger partial charge in [0.1, 0.15) is 5.75 Å². The molecule has 2 aromatic rings. The molecule has 0 spiro atoms. The molecule has 1 heterocycles. The Balaban J connectivity index is 2.18. The SMILES string of the molecule is COc1ccc(S(=O)(=O)NCCn2nc(C(F)(F)F)ccc2=O)cc1C(N)=O. The number of methoxy groups -OCH3 is 1. The Bertz CT molecular complexity index is 1050. The molecule has 2 rings (SSSR count). The van der Waals surface area contributed by atoms with Gasteiger partial charge in [0.2, 0.25) is 10.0 Å². The summed E-state index contributed by atoms with van der Waals surface area (Å²) in [5.41, 5.74) is 2.90. The fourth-order valence-corrected chi connectivity index (χ4v) is 3.22. The van der Waals surface area contributed by atoms with Crippen LogP contribution in [0.4, 0.5) is 13.2 Å². The van der Waals surface area contributed by atoms with E-state index in [0.29, 0.717) is 16.8 Å². The quantitative estimate of drug-likeness (QED) is 0.664. The summed E-state index contributed by atoms with van der Waals surface area (Å²) in [5, 5.41) is 3.16. The highest BCUT2D eigenvalue weighted by Gasteiger charge is 2.33. The molecular formula is C15H15F3N4O5S. The van der Waals surface area contributed by atoms with E-state index in [4.69, 9.17) is 10.5 Å². The Morgan fingerprint density at radius 2 is 1.96 bits per heavy atom. The van der Waals surface area contributed by atoms with Crippen LogP contribution in [0.5, 0.6) is 5.75 Å². The largest absolute Gasteiger partial charge is 0.496 e. The number of sulfonamides is 1. The van der Waals surface area contributed by atoms with Crippen LogP contribution in [0.1, 0.15) is 16.1 Å². The maximum Gasteiger partial charge on any atom is 0.435 e. The lowest BCUT2D eigenvalue weighted by Crippen LogP contribution is -2.33. The Morgan fingerprint density at radius 1 is 1.29 bits per heavy atom. The number of primary amides is 1. The number of nitrogens with zero attached hydrogens (tertiary/aromatic N) is 2. The van der Waals surface area contributed by atoms with Crippen LogP contribution in [-0.2, 0) is 22.7 Å². The molecule has 0 aliphatic carbocycles. The van der Waals surface area contributed by atoms with E-state index < -0.39 is 46.4 Å². The maximum atomic E-state index is 12.7. The molecule has 0 saturated carbocycles. The number of carbonyl (C=O) groups excluding carboxylic acids is 1. The molecule has 1 aromatic carbocycles. The minimum Gasteiger partial charge on any atom is -0.496 e. The zero-order chi connectivity index (χ0) is 21.1. The standard InChI is InChI=1S/C15H15F3N4O5S/c1-27-11-3-2-9(8-10(11)14(19)24)28(25,26)20-6-7-22-13(23)5-4-12(21-22)15(16,17)18/h2-5,8,20H,6-7H2,1H3,(H2,19,24). The lowest BCUT2D eigenvalue weighted by molar-refractivity contribution is -0.142. The Hall–Kier alpha value is -2.93. The van der Waals surface area contributed by atoms with Gasteiger partial charge in [-0.3, -0.25) is 9.59 Å². The van der Waals surface area contributed by atoms with E-state index in [1.807, 2.05) is 0 Å². The van der Waals surface area contributed by atoms with Crippen molar-refractivity contribution in [3.05, 3.63) is 51.9 Å². The van der Waals surface area contributed by atoms with Crippen molar-refractivity contribution in [2.24, 2.45) is 5.73 Å². The van der Waals surface area contributed by atoms with E-state index in [-0.39, 0.29) is 16.2 Å². The van der Waals surface area contributed by atoms with Gasteiger partial charge in [-0.25, -0.2) is 17.8 Å². The highest BCUT2D eigenvalue weighted by molar-refractivity contribution is 7.89. The summed E-state index contributed by atoms with van der Waals surface area (Å²) in [6, 6.07) is 4.60. The minimum atomic E-state index is -4.75. The van der Waals surface area contributed by atoms with Gasteiger partial charge in [0.25, 0.3) is 11.5 Å². The van der Waals surface area contributed by atoms with Crippen molar-refractivity contribution in [1.82, 2.24) is 14.5 Å². The average Bonchev–Trinajstić information content (AvgIpc) is 2.61. The molecule has 1 amide bonds. The highest BCUT2D eigenvalue weighted by atomic mass is 32.2. The Kier molecular flexibility index (Phi) is 6.09. The van der Waals surface area contributed by atoms with Gasteiger partial charge in [0, 0.05) is 12.6 Å². The molecule has 3 N–H and O–H groups in total. The molecule has 0 bridgehead atoms. The molecule has 0 aliphatic heterocycles. The smallest absolute Gasteiger partial charge is 0.435 e. The average molecular weight is 420 g/mol. The third-order valence-corrected chi connectivity index (χ3v) is 4.98. The molecule has 1 aromatic heterocycles. The molecular weight excluding hydrogens is 405 g/mol. The van der Waals surface area contributed by atoms with Crippen molar-refractivity contribution < 1.29 is 31.1 Å². The lowest BCUT2D eigenvalue weighted by atomic mass is 10.2. The molecule has 28 heavy (non-hydrogen) atoms. The number of carbonyl (C=O) groups is 1. The van der Waals surface area contributed by atoms with Crippen LogP contribution in [0, 0.1) is 0 Å². The van der Waals surface area contributed by atoms with Crippen molar-refractivity contribution in [2.75, 3.05) is 13.7 Å². The summed E-state index contributed by atoms with van der Waals surface area (Å²) in [4.78, 5) is 22.7. The third-order valence-electron chi connectivity index (χ3n) is 3.52. The second kappa shape index (κ2) is 7.98. The zero-order valence-electron chi connectivity index (χ0n) is 14.4. The number of rotatable bonds is 7. The first-order valence-electron chi connectivity index (χ1n) is 7.58. The van der Waals surface area contributed by atoms with Crippen LogP contribution >= 0.6 is 0 Å². The van der Waals surface area contributed by atoms with Crippen molar-refractivity contribution in [1.29, 1.82) is 0 Å². The third kappa shape index (κ3) is 4.86. The summed E-state index contributed by atoms with van der Waals surface area (Å²) in [6.07, 6.45) is -4.75. The van der Waals surface area contributed by atoms with Crippen molar-refractivity contribution >= 4 is 15.9 Å². The first-order valence-corrected chi connectivity index (χ1v) is 9.07. The predicted octanol–water partition coefficient (Wildman–Crippen LogP) is 0.348. The van der Waals surface area contributed by atoms with Crippen molar-refractivity contribution in [2.45, 2.75) is 17.6 Å². The minimum absolute atomic E-state index is 0.0752. The Morgan fingerprint density at radius 3 is 2.54 bits per heavy atom. The normalized spacial score (nSPS) is 12.0. The van der Waals surface area contributed by atoms with Gasteiger partial charge < -0.3 is 10.5 Å². The maximum absolute atomic E-state index is 12.7. The molecule has 0 unspecified atom stereocenters. The number of ether oxygens (including phenoxy) is 1. The van der Waals surface area contributed by atoms with Gasteiger partial charge in [-0.05, 0) is 24.3 Å². The lowest BCUT2D eigenvalue weighted by Gasteiger charge is -2.11. The summed E-state index contributed by atoms with van der Waals surface area (Å²) in [5.74, 6) is -0.834. The molecule has 152 valence electrons. The van der Waals surface area contributed by atoms with E-state index in [1.165, 1.54) is 13.2 Å². The fraction of sp³-hybridized carbons (Fsp3) is 0.267. The summed E-state index contributed by atoms with van der Waals surface area (Å²) in [7, 11) is -2.87. The highest BCUT2D eigenvalue weighted by Crippen LogP contribution is 2.26. The number of amides is 1. The Labute approximate surface area is 157 Å². The summed E-state index contributed by atoms with van der Waals surface area (Å²) >= 11 is 0. The summed E-state index contributed by atoms with van der Waals surface area (Å²) < 4.78 is 70.1. The van der Waals surface area contributed by atoms with Crippen LogP contribution in [0.3, 0.4) is 0 Å². The van der Waals surface area contributed by atoms with E-state index in [1.54, 1.807) is 0 Å². The van der Waals surface area contributed by atoms with Gasteiger partial charge in [-0.1, -0.05) is 0 Å². The van der Waals surface area contributed by atoms with E-state index in [9.17, 15) is 31.2 Å². The molecule has 0 aliphatic rings. The second-order valence-electron chi connectivity index (χ2n) is 5.40. The number of nitrogens with two attached hydrogens (primary N) is 1. The number of halogens is 3. The number of nitrogens with one attached hydrogen (secondary N) is 1. The second-order valence-corrected chi connectivity index (χ2v) is 7.17. The van der Waals surface area contributed by atoms with Crippen molar-refractivity contribution in [3.8, 4) is 5.75 Å². The fourth-order valence-electron chi connectivity index (χ4n) is 2.18. The number of hydrogen-bond acceptors (Lipinski definition) is 6. The molecule has 9 nitrogen and oxygen atoms in total. The zero-order valence-corrected chi connectivity index (χ0v) is 15.2. The molecule has 0 radical (unpaired) electrons. The first-order chi connectivity index (χ1) is 13.0. The first kappa shape index (κ1) is 21.4. The number of hydrogen-bond donors (Lipinski definition) is 2. The van der Waals surface area contributed by atoms with E-state index in [0.717, 1.165) is 12.1 Å². The van der Waals surface area contributed by atoms with Gasteiger partial charge in [0.05, 0.1) is 24.1 Å². The van der Waals surface area contributed by atoms with E-state index >= 15 is 0 Å². The molecule has 13 heteroatoms. The van der Waals surface area contributed by atoms with Gasteiger partial charge in [-0.15, -0.1) is 0 Å². The monoisotopic (exact) mass is 420 g/mol. The van der Waals surface area contributed by atoms with Crippen LogP contribution in [0.2, 0.25) is 0 Å². The topological polar surface area (TPSA) is 133 Å². The molecule has 0 fully saturated rings. The molecule has 0 atom stereocenters. The van der Waals surface area contributed by atoms with Crippen LogP contribution in [0.15, 0.2) is 40.0 Å². The van der Waals surface area contributed by atoms with Gasteiger partial charge >= 0.3 is 6.18 Å². The van der Waals surface area contributed by atoms with Crippen LogP contribution in [-0.4, -0.2) is 37.8 Å². The number of aromatic nitrogens is 2. The van der Waals surface area contributed by atoms with Crippen molar-refractivity contribution in [3.63, 3.8) is 0 Å². The summed E-state index contributed by atoms with van der Waals surface area (Å²) in [6.45, 7) is -0.866. The number of alkyl halides is 3.